The summed E-state index contributed by atoms with van der Waals surface area (Å²) in [4.78, 5) is 1.54. The van der Waals surface area contributed by atoms with Crippen molar-refractivity contribution in [3.8, 4) is 11.5 Å². The third-order valence-corrected chi connectivity index (χ3v) is 6.14. The molecular weight excluding hydrogens is 435 g/mol. The third kappa shape index (κ3) is 4.91. The molecule has 1 aliphatic rings. The maximum absolute atomic E-state index is 14.3. The number of hydrogen-bond acceptors (Lipinski definition) is 6. The van der Waals surface area contributed by atoms with Crippen molar-refractivity contribution >= 4 is 33.0 Å². The van der Waals surface area contributed by atoms with E-state index in [1.54, 1.807) is 19.1 Å². The van der Waals surface area contributed by atoms with Gasteiger partial charge in [-0.15, -0.1) is 0 Å². The number of sulfonamides is 1. The molecule has 0 bridgehead atoms. The molecule has 10 heteroatoms. The Morgan fingerprint density at radius 2 is 1.80 bits per heavy atom. The number of hydrogen-bond donors (Lipinski definition) is 1. The van der Waals surface area contributed by atoms with Crippen LogP contribution in [0, 0.1) is 5.82 Å². The summed E-state index contributed by atoms with van der Waals surface area (Å²) >= 11 is 5.75. The standard InChI is InChI=1S/C20H24ClFN2O5S/c1-3-28-17-13-16(24-8-10-27-11-9-24)18(29-4-2)12-15(17)23-30(25,26)19-7-5-6-14(21)20(19)22/h5-7,12-13,23H,3-4,8-11H2,1-2H3. The van der Waals surface area contributed by atoms with Crippen LogP contribution in [0.5, 0.6) is 11.5 Å². The van der Waals surface area contributed by atoms with Crippen molar-refractivity contribution in [1.82, 2.24) is 0 Å². The molecule has 1 heterocycles. The molecule has 0 radical (unpaired) electrons. The molecule has 7 nitrogen and oxygen atoms in total. The van der Waals surface area contributed by atoms with Crippen LogP contribution in [0.2, 0.25) is 5.02 Å². The molecule has 0 unspecified atom stereocenters. The first kappa shape index (κ1) is 22.5. The van der Waals surface area contributed by atoms with Gasteiger partial charge in [-0.25, -0.2) is 12.8 Å². The molecule has 0 atom stereocenters. The molecule has 164 valence electrons. The maximum atomic E-state index is 14.3. The number of halogens is 2. The fraction of sp³-hybridized carbons (Fsp3) is 0.400. The van der Waals surface area contributed by atoms with Crippen molar-refractivity contribution in [3.63, 3.8) is 0 Å². The first-order valence-corrected chi connectivity index (χ1v) is 11.5. The average molecular weight is 459 g/mol. The average Bonchev–Trinajstić information content (AvgIpc) is 2.72. The van der Waals surface area contributed by atoms with E-state index in [1.165, 1.54) is 12.1 Å². The number of ether oxygens (including phenoxy) is 3. The molecule has 1 aliphatic heterocycles. The van der Waals surface area contributed by atoms with E-state index in [-0.39, 0.29) is 10.7 Å². The van der Waals surface area contributed by atoms with Crippen LogP contribution in [0.1, 0.15) is 13.8 Å². The van der Waals surface area contributed by atoms with Crippen LogP contribution in [0.15, 0.2) is 35.2 Å². The zero-order chi connectivity index (χ0) is 21.7. The van der Waals surface area contributed by atoms with Crippen LogP contribution >= 0.6 is 11.6 Å². The molecule has 0 amide bonds. The van der Waals surface area contributed by atoms with Gasteiger partial charge in [-0.05, 0) is 26.0 Å². The third-order valence-electron chi connectivity index (χ3n) is 4.46. The lowest BCUT2D eigenvalue weighted by atomic mass is 10.2. The highest BCUT2D eigenvalue weighted by Gasteiger charge is 2.25. The fourth-order valence-corrected chi connectivity index (χ4v) is 4.51. The van der Waals surface area contributed by atoms with Gasteiger partial charge in [0.2, 0.25) is 0 Å². The minimum absolute atomic E-state index is 0.150. The van der Waals surface area contributed by atoms with Crippen LogP contribution in [0.4, 0.5) is 15.8 Å². The first-order valence-electron chi connectivity index (χ1n) is 9.60. The van der Waals surface area contributed by atoms with Crippen LogP contribution in [-0.4, -0.2) is 47.9 Å². The SMILES string of the molecule is CCOc1cc(N2CCOCC2)c(OCC)cc1NS(=O)(=O)c1cccc(Cl)c1F. The smallest absolute Gasteiger partial charge is 0.264 e. The van der Waals surface area contributed by atoms with Crippen molar-refractivity contribution in [3.05, 3.63) is 41.2 Å². The summed E-state index contributed by atoms with van der Waals surface area (Å²) in [5.41, 5.74) is 0.928. The lowest BCUT2D eigenvalue weighted by Crippen LogP contribution is -2.36. The summed E-state index contributed by atoms with van der Waals surface area (Å²) in [6, 6.07) is 7.09. The van der Waals surface area contributed by atoms with Gasteiger partial charge >= 0.3 is 0 Å². The molecule has 1 fully saturated rings. The van der Waals surface area contributed by atoms with E-state index in [0.29, 0.717) is 51.0 Å². The van der Waals surface area contributed by atoms with Gasteiger partial charge in [-0.1, -0.05) is 17.7 Å². The van der Waals surface area contributed by atoms with Crippen molar-refractivity contribution in [2.45, 2.75) is 18.7 Å². The minimum atomic E-state index is -4.26. The minimum Gasteiger partial charge on any atom is -0.492 e. The van der Waals surface area contributed by atoms with Gasteiger partial charge in [0.25, 0.3) is 10.0 Å². The molecule has 0 saturated carbocycles. The Balaban J connectivity index is 2.04. The summed E-state index contributed by atoms with van der Waals surface area (Å²) in [5.74, 6) is -0.208. The number of rotatable bonds is 8. The van der Waals surface area contributed by atoms with Crippen molar-refractivity contribution in [2.24, 2.45) is 0 Å². The van der Waals surface area contributed by atoms with Crippen LogP contribution in [0.3, 0.4) is 0 Å². The van der Waals surface area contributed by atoms with Crippen LogP contribution in [0.25, 0.3) is 0 Å². The topological polar surface area (TPSA) is 77.1 Å². The Bertz CT molecular complexity index is 997. The molecule has 3 rings (SSSR count). The zero-order valence-electron chi connectivity index (χ0n) is 16.8. The van der Waals surface area contributed by atoms with Crippen LogP contribution < -0.4 is 19.1 Å². The summed E-state index contributed by atoms with van der Waals surface area (Å²) in [7, 11) is -4.26. The fourth-order valence-electron chi connectivity index (χ4n) is 3.12. The van der Waals surface area contributed by atoms with Gasteiger partial charge in [-0.2, -0.15) is 0 Å². The second-order valence-electron chi connectivity index (χ2n) is 6.44. The van der Waals surface area contributed by atoms with Gasteiger partial charge in [0.1, 0.15) is 16.4 Å². The quantitative estimate of drug-likeness (QED) is 0.646. The summed E-state index contributed by atoms with van der Waals surface area (Å²) < 4.78 is 59.3. The highest BCUT2D eigenvalue weighted by Crippen LogP contribution is 2.40. The molecule has 0 spiro atoms. The second kappa shape index (κ2) is 9.72. The predicted octanol–water partition coefficient (Wildman–Crippen LogP) is 3.91. The van der Waals surface area contributed by atoms with Gasteiger partial charge in [0.15, 0.2) is 5.82 Å². The lowest BCUT2D eigenvalue weighted by Gasteiger charge is -2.31. The number of nitrogens with one attached hydrogen (secondary N) is 1. The lowest BCUT2D eigenvalue weighted by molar-refractivity contribution is 0.122. The Hall–Kier alpha value is -2.23. The van der Waals surface area contributed by atoms with Crippen molar-refractivity contribution < 1.29 is 27.0 Å². The maximum Gasteiger partial charge on any atom is 0.264 e. The normalized spacial score (nSPS) is 14.5. The van der Waals surface area contributed by atoms with E-state index in [0.717, 1.165) is 11.8 Å². The Morgan fingerprint density at radius 1 is 1.13 bits per heavy atom. The van der Waals surface area contributed by atoms with Crippen LogP contribution in [-0.2, 0) is 14.8 Å². The monoisotopic (exact) mass is 458 g/mol. The summed E-state index contributed by atoms with van der Waals surface area (Å²) in [5, 5.41) is -0.277. The Morgan fingerprint density at radius 3 is 2.47 bits per heavy atom. The van der Waals surface area contributed by atoms with Gasteiger partial charge in [0, 0.05) is 25.2 Å². The van der Waals surface area contributed by atoms with Gasteiger partial charge in [0.05, 0.1) is 42.8 Å². The van der Waals surface area contributed by atoms with E-state index in [9.17, 15) is 12.8 Å². The van der Waals surface area contributed by atoms with Gasteiger partial charge < -0.3 is 19.1 Å². The molecule has 2 aromatic carbocycles. The second-order valence-corrected chi connectivity index (χ2v) is 8.50. The van der Waals surface area contributed by atoms with Gasteiger partial charge in [-0.3, -0.25) is 4.72 Å². The highest BCUT2D eigenvalue weighted by molar-refractivity contribution is 7.92. The molecule has 1 N–H and O–H groups in total. The number of morpholine rings is 1. The number of nitrogens with zero attached hydrogens (tertiary/aromatic N) is 1. The number of benzene rings is 2. The highest BCUT2D eigenvalue weighted by atomic mass is 35.5. The molecule has 0 aromatic heterocycles. The van der Waals surface area contributed by atoms with E-state index in [1.807, 2.05) is 6.92 Å². The van der Waals surface area contributed by atoms with E-state index >= 15 is 0 Å². The largest absolute Gasteiger partial charge is 0.492 e. The zero-order valence-corrected chi connectivity index (χ0v) is 18.4. The molecule has 2 aromatic rings. The number of anilines is 2. The predicted molar refractivity (Wildman–Crippen MR) is 114 cm³/mol. The molecule has 0 aliphatic carbocycles. The Kier molecular flexibility index (Phi) is 7.27. The van der Waals surface area contributed by atoms with E-state index in [4.69, 9.17) is 25.8 Å². The summed E-state index contributed by atoms with van der Waals surface area (Å²) in [6.07, 6.45) is 0. The summed E-state index contributed by atoms with van der Waals surface area (Å²) in [6.45, 7) is 6.84. The van der Waals surface area contributed by atoms with E-state index < -0.39 is 20.7 Å². The first-order chi connectivity index (χ1) is 14.4. The molecule has 30 heavy (non-hydrogen) atoms. The molecular formula is C20H24ClFN2O5S. The molecule has 1 saturated heterocycles. The van der Waals surface area contributed by atoms with Crippen molar-refractivity contribution in [2.75, 3.05) is 49.1 Å². The Labute approximate surface area is 180 Å². The van der Waals surface area contributed by atoms with Crippen molar-refractivity contribution in [1.29, 1.82) is 0 Å². The van der Waals surface area contributed by atoms with E-state index in [2.05, 4.69) is 9.62 Å².